The summed E-state index contributed by atoms with van der Waals surface area (Å²) < 4.78 is 55.1. The van der Waals surface area contributed by atoms with E-state index in [1.807, 2.05) is 12.2 Å². The molecule has 10 atom stereocenters. The number of esters is 2. The van der Waals surface area contributed by atoms with Crippen LogP contribution in [0.4, 0.5) is 0 Å². The number of hydrogen-bond donors (Lipinski definition) is 7. The van der Waals surface area contributed by atoms with Crippen LogP contribution in [0.15, 0.2) is 48.6 Å². The van der Waals surface area contributed by atoms with Crippen LogP contribution in [0.25, 0.3) is 0 Å². The number of aliphatic hydroxyl groups excluding tert-OH is 4. The summed E-state index contributed by atoms with van der Waals surface area (Å²) >= 11 is 0. The van der Waals surface area contributed by atoms with Crippen molar-refractivity contribution in [1.29, 1.82) is 0 Å². The van der Waals surface area contributed by atoms with Gasteiger partial charge >= 0.3 is 27.6 Å². The van der Waals surface area contributed by atoms with E-state index in [2.05, 4.69) is 54.8 Å². The molecule has 0 bridgehead atoms. The Morgan fingerprint density at radius 1 is 0.561 bits per heavy atom. The van der Waals surface area contributed by atoms with E-state index in [1.165, 1.54) is 57.8 Å². The van der Waals surface area contributed by atoms with Crippen LogP contribution in [0.1, 0.15) is 168 Å². The molecular formula is C47H82O17P2. The summed E-state index contributed by atoms with van der Waals surface area (Å²) in [7, 11) is -10.7. The number of epoxide rings is 1. The highest BCUT2D eigenvalue weighted by Crippen LogP contribution is 2.49. The van der Waals surface area contributed by atoms with E-state index in [9.17, 15) is 53.8 Å². The minimum Gasteiger partial charge on any atom is -0.462 e. The maximum atomic E-state index is 13.0. The number of ether oxygens (including phenoxy) is 3. The highest BCUT2D eigenvalue weighted by atomic mass is 31.2. The van der Waals surface area contributed by atoms with Crippen LogP contribution in [0.3, 0.4) is 0 Å². The molecule has 19 heteroatoms. The molecule has 0 aromatic carbocycles. The maximum absolute atomic E-state index is 13.0. The lowest BCUT2D eigenvalue weighted by Crippen LogP contribution is -2.64. The molecule has 1 aliphatic heterocycles. The molecule has 1 aliphatic carbocycles. The fourth-order valence-corrected chi connectivity index (χ4v) is 8.95. The van der Waals surface area contributed by atoms with Crippen LogP contribution < -0.4 is 0 Å². The van der Waals surface area contributed by atoms with Crippen molar-refractivity contribution in [2.24, 2.45) is 0 Å². The normalized spacial score (nSPS) is 25.0. The van der Waals surface area contributed by atoms with Crippen molar-refractivity contribution >= 4 is 27.6 Å². The highest BCUT2D eigenvalue weighted by molar-refractivity contribution is 7.47. The first-order chi connectivity index (χ1) is 31.6. The van der Waals surface area contributed by atoms with Gasteiger partial charge in [-0.15, -0.1) is 0 Å². The molecule has 17 nitrogen and oxygen atoms in total. The molecule has 2 aliphatic rings. The van der Waals surface area contributed by atoms with Crippen molar-refractivity contribution in [2.75, 3.05) is 13.2 Å². The Balaban J connectivity index is 1.81. The molecule has 382 valence electrons. The molecule has 1 saturated heterocycles. The van der Waals surface area contributed by atoms with Crippen molar-refractivity contribution in [3.63, 3.8) is 0 Å². The predicted molar refractivity (Wildman–Crippen MR) is 250 cm³/mol. The molecule has 0 spiro atoms. The monoisotopic (exact) mass is 981 g/mol. The third-order valence-electron chi connectivity index (χ3n) is 11.3. The average Bonchev–Trinajstić information content (AvgIpc) is 4.03. The van der Waals surface area contributed by atoms with Crippen molar-refractivity contribution in [3.05, 3.63) is 48.6 Å². The van der Waals surface area contributed by atoms with Crippen LogP contribution in [0, 0.1) is 0 Å². The molecule has 7 N–H and O–H groups in total. The Bertz CT molecular complexity index is 1530. The third kappa shape index (κ3) is 28.4. The lowest BCUT2D eigenvalue weighted by atomic mass is 9.85. The van der Waals surface area contributed by atoms with Gasteiger partial charge in [-0.05, 0) is 70.6 Å². The lowest BCUT2D eigenvalue weighted by Gasteiger charge is -2.43. The third-order valence-corrected chi connectivity index (χ3v) is 12.8. The topological polar surface area (TPSA) is 269 Å². The van der Waals surface area contributed by atoms with E-state index in [0.717, 1.165) is 64.2 Å². The number of rotatable bonds is 39. The van der Waals surface area contributed by atoms with Crippen molar-refractivity contribution in [1.82, 2.24) is 0 Å². The SMILES string of the molecule is CC/C=C\CCCCCCCCCCCCCC(=O)O[C@H](COC(=O)CCC/C=C\CC1OC1C/C=C\C/C=C\CCCCC)COP(=O)(O)O[C@H]1C(O)C(O)C(O)[C@@H](OP(=O)(O)O)C1O. The average molecular weight is 981 g/mol. The first-order valence-electron chi connectivity index (χ1n) is 24.3. The van der Waals surface area contributed by atoms with Gasteiger partial charge < -0.3 is 49.3 Å². The van der Waals surface area contributed by atoms with Crippen molar-refractivity contribution in [3.8, 4) is 0 Å². The molecule has 7 unspecified atom stereocenters. The Kier molecular flexibility index (Phi) is 31.9. The lowest BCUT2D eigenvalue weighted by molar-refractivity contribution is -0.216. The van der Waals surface area contributed by atoms with E-state index in [1.54, 1.807) is 0 Å². The van der Waals surface area contributed by atoms with Crippen LogP contribution in [0.2, 0.25) is 0 Å². The quantitative estimate of drug-likeness (QED) is 0.0100. The number of carbonyl (C=O) groups excluding carboxylic acids is 2. The summed E-state index contributed by atoms with van der Waals surface area (Å²) in [5.41, 5.74) is 0. The molecule has 0 amide bonds. The van der Waals surface area contributed by atoms with Gasteiger partial charge in [0, 0.05) is 12.8 Å². The summed E-state index contributed by atoms with van der Waals surface area (Å²) in [6.45, 7) is 2.94. The van der Waals surface area contributed by atoms with Gasteiger partial charge in [-0.1, -0.05) is 133 Å². The first kappa shape index (κ1) is 60.0. The van der Waals surface area contributed by atoms with Gasteiger partial charge in [0.25, 0.3) is 0 Å². The summed E-state index contributed by atoms with van der Waals surface area (Å²) in [5.74, 6) is -1.28. The first-order valence-corrected chi connectivity index (χ1v) is 27.3. The second-order valence-electron chi connectivity index (χ2n) is 17.2. The summed E-state index contributed by atoms with van der Waals surface area (Å²) in [4.78, 5) is 54.4. The summed E-state index contributed by atoms with van der Waals surface area (Å²) in [6, 6.07) is 0. The smallest absolute Gasteiger partial charge is 0.462 e. The van der Waals surface area contributed by atoms with Crippen molar-refractivity contribution < 1.29 is 81.6 Å². The van der Waals surface area contributed by atoms with Gasteiger partial charge in [0.2, 0.25) is 0 Å². The molecule has 0 radical (unpaired) electrons. The van der Waals surface area contributed by atoms with E-state index in [0.29, 0.717) is 19.3 Å². The van der Waals surface area contributed by atoms with Gasteiger partial charge in [-0.2, -0.15) is 0 Å². The maximum Gasteiger partial charge on any atom is 0.472 e. The summed E-state index contributed by atoms with van der Waals surface area (Å²) in [5, 5.41) is 41.3. The molecule has 0 aromatic rings. The second-order valence-corrected chi connectivity index (χ2v) is 19.8. The molecule has 1 saturated carbocycles. The van der Waals surface area contributed by atoms with Gasteiger partial charge in [0.05, 0.1) is 18.8 Å². The van der Waals surface area contributed by atoms with Gasteiger partial charge in [-0.25, -0.2) is 9.13 Å². The van der Waals surface area contributed by atoms with Gasteiger partial charge in [0.15, 0.2) is 6.10 Å². The molecular weight excluding hydrogens is 898 g/mol. The largest absolute Gasteiger partial charge is 0.472 e. The van der Waals surface area contributed by atoms with E-state index in [-0.39, 0.29) is 25.0 Å². The molecule has 2 rings (SSSR count). The minimum absolute atomic E-state index is 0.0271. The van der Waals surface area contributed by atoms with E-state index >= 15 is 0 Å². The number of phosphoric acid groups is 2. The number of aliphatic hydroxyl groups is 4. The van der Waals surface area contributed by atoms with Crippen molar-refractivity contribution in [2.45, 2.75) is 223 Å². The van der Waals surface area contributed by atoms with Crippen LogP contribution in [-0.2, 0) is 46.5 Å². The Labute approximate surface area is 392 Å². The number of allylic oxidation sites excluding steroid dienone is 6. The molecule has 0 aromatic heterocycles. The highest BCUT2D eigenvalue weighted by Gasteiger charge is 2.54. The summed E-state index contributed by atoms with van der Waals surface area (Å²) in [6.07, 6.45) is 25.2. The Hall–Kier alpha value is -2.08. The Morgan fingerprint density at radius 2 is 1.06 bits per heavy atom. The van der Waals surface area contributed by atoms with Gasteiger partial charge in [-0.3, -0.25) is 23.2 Å². The zero-order chi connectivity index (χ0) is 48.6. The second kappa shape index (κ2) is 35.1. The number of hydrogen-bond acceptors (Lipinski definition) is 14. The van der Waals surface area contributed by atoms with Crippen LogP contribution in [0.5, 0.6) is 0 Å². The number of phosphoric ester groups is 2. The fraction of sp³-hybridized carbons (Fsp3) is 0.787. The Morgan fingerprint density at radius 3 is 1.67 bits per heavy atom. The number of unbranched alkanes of at least 4 members (excludes halogenated alkanes) is 15. The standard InChI is InChI=1S/C47H82O17P2/c1-3-5-7-9-11-13-14-15-16-17-18-20-22-24-30-34-41(49)61-37(36-60-66(57,58)64-47-44(52)42(50)43(51)46(45(47)53)63-65(54,55)56)35-59-40(48)33-29-26-25-28-32-39-38(62-39)31-27-23-21-19-12-10-8-6-4-2/h5,7,12,19,23,25,27-28,37-39,42-47,50-53H,3-4,6,8-11,13-18,20-22,24,26,29-36H2,1-2H3,(H,57,58)(H2,54,55,56)/b7-5-,19-12-,27-23-,28-25-/t37-,38?,39?,42?,43?,44?,45?,46-,47+/m1/s1. The zero-order valence-electron chi connectivity index (χ0n) is 39.3. The van der Waals surface area contributed by atoms with E-state index < -0.39 is 83.5 Å². The van der Waals surface area contributed by atoms with E-state index in [4.69, 9.17) is 23.3 Å². The number of carbonyl (C=O) groups is 2. The van der Waals surface area contributed by atoms with Gasteiger partial charge in [0.1, 0.15) is 43.2 Å². The minimum atomic E-state index is -5.37. The molecule has 66 heavy (non-hydrogen) atoms. The predicted octanol–water partition coefficient (Wildman–Crippen LogP) is 8.27. The zero-order valence-corrected chi connectivity index (χ0v) is 41.1. The van der Waals surface area contributed by atoms with Crippen LogP contribution in [-0.4, -0.2) is 115 Å². The molecule has 1 heterocycles. The molecule has 2 fully saturated rings. The van der Waals surface area contributed by atoms with Crippen LogP contribution >= 0.6 is 15.6 Å². The fourth-order valence-electron chi connectivity index (χ4n) is 7.41.